The molecule has 2 aromatic heterocycles. The molecule has 8 heteroatoms. The van der Waals surface area contributed by atoms with Gasteiger partial charge in [-0.2, -0.15) is 5.10 Å². The molecule has 0 aliphatic heterocycles. The zero-order valence-corrected chi connectivity index (χ0v) is 18.0. The number of nitrogens with one attached hydrogen (secondary N) is 1. The summed E-state index contributed by atoms with van der Waals surface area (Å²) in [7, 11) is 0. The number of furan rings is 1. The number of hydrogen-bond donors (Lipinski definition) is 1. The normalized spacial score (nSPS) is 11.5. The fraction of sp³-hybridized carbons (Fsp3) is 0.130. The quantitative estimate of drug-likeness (QED) is 0.265. The van der Waals surface area contributed by atoms with Crippen LogP contribution < -0.4 is 5.43 Å². The third-order valence-electron chi connectivity index (χ3n) is 4.52. The van der Waals surface area contributed by atoms with Crippen molar-refractivity contribution in [2.24, 2.45) is 5.10 Å². The number of carbonyl (C=O) groups is 1. The van der Waals surface area contributed by atoms with E-state index in [-0.39, 0.29) is 11.7 Å². The number of rotatable bonds is 7. The molecule has 0 saturated carbocycles. The molecule has 4 aromatic rings. The summed E-state index contributed by atoms with van der Waals surface area (Å²) in [6.45, 7) is 3.81. The standard InChI is InChI=1S/C23H21N5O2S/c1-16-10-12-19(13-11-16)28-22(18-7-4-3-5-8-18)26-27-23(28)31-15-21(29)25-24-17(2)20-9-6-14-30-20/h3-14H,15H2,1-2H3,(H,25,29). The molecule has 0 unspecified atom stereocenters. The van der Waals surface area contributed by atoms with Crippen molar-refractivity contribution in [3.63, 3.8) is 0 Å². The summed E-state index contributed by atoms with van der Waals surface area (Å²) in [6.07, 6.45) is 1.56. The zero-order chi connectivity index (χ0) is 21.6. The number of hydrogen-bond acceptors (Lipinski definition) is 6. The highest BCUT2D eigenvalue weighted by atomic mass is 32.2. The monoisotopic (exact) mass is 431 g/mol. The molecule has 156 valence electrons. The van der Waals surface area contributed by atoms with Crippen molar-refractivity contribution in [1.82, 2.24) is 20.2 Å². The lowest BCUT2D eigenvalue weighted by atomic mass is 10.2. The number of benzene rings is 2. The Balaban J connectivity index is 1.54. The first kappa shape index (κ1) is 20.6. The number of thioether (sulfide) groups is 1. The molecule has 0 aliphatic rings. The average molecular weight is 432 g/mol. The van der Waals surface area contributed by atoms with Crippen LogP contribution in [0.3, 0.4) is 0 Å². The molecule has 0 radical (unpaired) electrons. The molecule has 2 heterocycles. The van der Waals surface area contributed by atoms with E-state index in [0.29, 0.717) is 16.6 Å². The Morgan fingerprint density at radius 3 is 2.55 bits per heavy atom. The van der Waals surface area contributed by atoms with Crippen molar-refractivity contribution >= 4 is 23.4 Å². The topological polar surface area (TPSA) is 85.3 Å². The second kappa shape index (κ2) is 9.44. The molecule has 0 bridgehead atoms. The van der Waals surface area contributed by atoms with Gasteiger partial charge in [-0.25, -0.2) is 5.43 Å². The Morgan fingerprint density at radius 1 is 1.06 bits per heavy atom. The van der Waals surface area contributed by atoms with Crippen LogP contribution >= 0.6 is 11.8 Å². The molecule has 0 atom stereocenters. The summed E-state index contributed by atoms with van der Waals surface area (Å²) >= 11 is 1.30. The summed E-state index contributed by atoms with van der Waals surface area (Å²) in [5.74, 6) is 1.24. The lowest BCUT2D eigenvalue weighted by Gasteiger charge is -2.10. The number of aromatic nitrogens is 3. The van der Waals surface area contributed by atoms with Gasteiger partial charge in [-0.05, 0) is 38.1 Å². The van der Waals surface area contributed by atoms with Crippen molar-refractivity contribution < 1.29 is 9.21 Å². The minimum atomic E-state index is -0.240. The Kier molecular flexibility index (Phi) is 6.28. The average Bonchev–Trinajstić information content (AvgIpc) is 3.48. The van der Waals surface area contributed by atoms with Crippen LogP contribution in [0, 0.1) is 6.92 Å². The van der Waals surface area contributed by atoms with Crippen LogP contribution in [0.4, 0.5) is 0 Å². The van der Waals surface area contributed by atoms with Crippen LogP contribution in [-0.2, 0) is 4.79 Å². The summed E-state index contributed by atoms with van der Waals surface area (Å²) in [4.78, 5) is 12.3. The van der Waals surface area contributed by atoms with Crippen LogP contribution in [-0.4, -0.2) is 32.1 Å². The molecule has 0 fully saturated rings. The van der Waals surface area contributed by atoms with E-state index in [1.165, 1.54) is 11.8 Å². The third kappa shape index (κ3) is 4.92. The Bertz CT molecular complexity index is 1180. The number of carbonyl (C=O) groups excluding carboxylic acids is 1. The van der Waals surface area contributed by atoms with E-state index in [1.807, 2.05) is 66.1 Å². The maximum atomic E-state index is 12.3. The second-order valence-electron chi connectivity index (χ2n) is 6.84. The van der Waals surface area contributed by atoms with Crippen LogP contribution in [0.15, 0.2) is 87.7 Å². The Labute approximate surface area is 184 Å². The van der Waals surface area contributed by atoms with Gasteiger partial charge >= 0.3 is 0 Å². The highest BCUT2D eigenvalue weighted by molar-refractivity contribution is 7.99. The lowest BCUT2D eigenvalue weighted by Crippen LogP contribution is -2.21. The van der Waals surface area contributed by atoms with E-state index in [0.717, 1.165) is 22.6 Å². The maximum absolute atomic E-state index is 12.3. The summed E-state index contributed by atoms with van der Waals surface area (Å²) in [6, 6.07) is 21.5. The third-order valence-corrected chi connectivity index (χ3v) is 5.44. The van der Waals surface area contributed by atoms with Crippen LogP contribution in [0.2, 0.25) is 0 Å². The first-order chi connectivity index (χ1) is 15.1. The molecule has 2 aromatic carbocycles. The minimum absolute atomic E-state index is 0.147. The SMILES string of the molecule is CC(=NNC(=O)CSc1nnc(-c2ccccc2)n1-c1ccc(C)cc1)c1ccco1. The van der Waals surface area contributed by atoms with Gasteiger partial charge in [-0.1, -0.05) is 59.8 Å². The van der Waals surface area contributed by atoms with Crippen LogP contribution in [0.5, 0.6) is 0 Å². The number of nitrogens with zero attached hydrogens (tertiary/aromatic N) is 4. The Hall–Kier alpha value is -3.65. The van der Waals surface area contributed by atoms with E-state index >= 15 is 0 Å². The predicted octanol–water partition coefficient (Wildman–Crippen LogP) is 4.47. The summed E-state index contributed by atoms with van der Waals surface area (Å²) < 4.78 is 7.23. The van der Waals surface area contributed by atoms with Gasteiger partial charge in [0.05, 0.1) is 12.0 Å². The smallest absolute Gasteiger partial charge is 0.250 e. The van der Waals surface area contributed by atoms with Crippen molar-refractivity contribution in [3.8, 4) is 17.1 Å². The number of aryl methyl sites for hydroxylation is 1. The van der Waals surface area contributed by atoms with Crippen molar-refractivity contribution in [1.29, 1.82) is 0 Å². The first-order valence-corrected chi connectivity index (χ1v) is 10.7. The second-order valence-corrected chi connectivity index (χ2v) is 7.78. The molecule has 1 amide bonds. The molecule has 31 heavy (non-hydrogen) atoms. The van der Waals surface area contributed by atoms with Gasteiger partial charge in [-0.15, -0.1) is 10.2 Å². The molecule has 1 N–H and O–H groups in total. The van der Waals surface area contributed by atoms with E-state index in [2.05, 4.69) is 20.7 Å². The highest BCUT2D eigenvalue weighted by Crippen LogP contribution is 2.28. The maximum Gasteiger partial charge on any atom is 0.250 e. The molecule has 0 saturated heterocycles. The summed E-state index contributed by atoms with van der Waals surface area (Å²) in [5, 5.41) is 13.5. The molecular formula is C23H21N5O2S. The molecule has 7 nitrogen and oxygen atoms in total. The van der Waals surface area contributed by atoms with Gasteiger partial charge in [0.15, 0.2) is 11.0 Å². The minimum Gasteiger partial charge on any atom is -0.463 e. The first-order valence-electron chi connectivity index (χ1n) is 9.69. The van der Waals surface area contributed by atoms with E-state index < -0.39 is 0 Å². The van der Waals surface area contributed by atoms with E-state index in [9.17, 15) is 4.79 Å². The Morgan fingerprint density at radius 2 is 1.84 bits per heavy atom. The highest BCUT2D eigenvalue weighted by Gasteiger charge is 2.17. The predicted molar refractivity (Wildman–Crippen MR) is 121 cm³/mol. The largest absolute Gasteiger partial charge is 0.463 e. The molecule has 0 aliphatic carbocycles. The van der Waals surface area contributed by atoms with Crippen molar-refractivity contribution in [2.75, 3.05) is 5.75 Å². The van der Waals surface area contributed by atoms with Gasteiger partial charge in [0, 0.05) is 11.3 Å². The van der Waals surface area contributed by atoms with Gasteiger partial charge in [0.25, 0.3) is 5.91 Å². The number of hydrazone groups is 1. The molecule has 0 spiro atoms. The summed E-state index contributed by atoms with van der Waals surface area (Å²) in [5.41, 5.74) is 6.20. The molecule has 4 rings (SSSR count). The van der Waals surface area contributed by atoms with Crippen molar-refractivity contribution in [2.45, 2.75) is 19.0 Å². The van der Waals surface area contributed by atoms with E-state index in [1.54, 1.807) is 25.3 Å². The van der Waals surface area contributed by atoms with Gasteiger partial charge in [0.2, 0.25) is 0 Å². The van der Waals surface area contributed by atoms with Crippen molar-refractivity contribution in [3.05, 3.63) is 84.3 Å². The lowest BCUT2D eigenvalue weighted by molar-refractivity contribution is -0.118. The fourth-order valence-corrected chi connectivity index (χ4v) is 3.66. The van der Waals surface area contributed by atoms with E-state index in [4.69, 9.17) is 4.42 Å². The van der Waals surface area contributed by atoms with Crippen LogP contribution in [0.1, 0.15) is 18.2 Å². The molecular weight excluding hydrogens is 410 g/mol. The van der Waals surface area contributed by atoms with Gasteiger partial charge in [0.1, 0.15) is 11.5 Å². The zero-order valence-electron chi connectivity index (χ0n) is 17.1. The van der Waals surface area contributed by atoms with Gasteiger partial charge in [-0.3, -0.25) is 9.36 Å². The van der Waals surface area contributed by atoms with Crippen LogP contribution in [0.25, 0.3) is 17.1 Å². The fourth-order valence-electron chi connectivity index (χ4n) is 2.91. The van der Waals surface area contributed by atoms with Gasteiger partial charge < -0.3 is 4.42 Å². The number of amides is 1.